The predicted molar refractivity (Wildman–Crippen MR) is 107 cm³/mol. The molecule has 4 saturated carbocycles. The summed E-state index contributed by atoms with van der Waals surface area (Å²) in [6, 6.07) is 0.392. The summed E-state index contributed by atoms with van der Waals surface area (Å²) in [5, 5.41) is 0. The van der Waals surface area contributed by atoms with Gasteiger partial charge in [0.05, 0.1) is 0 Å². The molecule has 4 aliphatic carbocycles. The molecule has 0 aromatic rings. The van der Waals surface area contributed by atoms with Crippen molar-refractivity contribution in [2.45, 2.75) is 104 Å². The molecule has 3 unspecified atom stereocenters. The van der Waals surface area contributed by atoms with E-state index in [9.17, 15) is 0 Å². The molecule has 0 aliphatic heterocycles. The third-order valence-corrected chi connectivity index (χ3v) is 10.1. The Balaban J connectivity index is 1.62. The normalized spacial score (nSPS) is 54.1. The summed E-state index contributed by atoms with van der Waals surface area (Å²) in [5.74, 6) is 5.85. The fourth-order valence-electron chi connectivity index (χ4n) is 9.15. The summed E-state index contributed by atoms with van der Waals surface area (Å²) in [5.41, 5.74) is 7.80. The van der Waals surface area contributed by atoms with Crippen LogP contribution in [0.25, 0.3) is 0 Å². The minimum atomic E-state index is 0.392. The Hall–Kier alpha value is -0.0400. The molecule has 0 aromatic carbocycles. The highest BCUT2D eigenvalue weighted by Crippen LogP contribution is 2.66. The SMILES string of the molecule is CC[C@]12CCC3[C@@H](CC[C@]4(C)C[C@@H](C)CC[C@H]34)C1CCC[C@@H]2C(C)N. The van der Waals surface area contributed by atoms with Gasteiger partial charge in [0.25, 0.3) is 0 Å². The van der Waals surface area contributed by atoms with Crippen LogP contribution in [0.2, 0.25) is 0 Å². The first-order chi connectivity index (χ1) is 11.9. The fourth-order valence-corrected chi connectivity index (χ4v) is 9.15. The molecule has 0 saturated heterocycles. The fraction of sp³-hybridized carbons (Fsp3) is 1.00. The van der Waals surface area contributed by atoms with E-state index in [0.717, 1.165) is 35.5 Å². The maximum atomic E-state index is 6.55. The van der Waals surface area contributed by atoms with Gasteiger partial charge in [0, 0.05) is 6.04 Å². The second-order valence-corrected chi connectivity index (χ2v) is 11.1. The van der Waals surface area contributed by atoms with Crippen LogP contribution in [0.3, 0.4) is 0 Å². The molecule has 4 fully saturated rings. The number of fused-ring (bicyclic) bond motifs is 5. The van der Waals surface area contributed by atoms with Crippen molar-refractivity contribution in [2.75, 3.05) is 0 Å². The second kappa shape index (κ2) is 6.54. The van der Waals surface area contributed by atoms with Crippen molar-refractivity contribution in [3.8, 4) is 0 Å². The van der Waals surface area contributed by atoms with Gasteiger partial charge in [-0.2, -0.15) is 0 Å². The van der Waals surface area contributed by atoms with Gasteiger partial charge in [0.2, 0.25) is 0 Å². The number of nitrogens with two attached hydrogens (primary N) is 1. The molecule has 0 radical (unpaired) electrons. The van der Waals surface area contributed by atoms with Crippen LogP contribution >= 0.6 is 0 Å². The lowest BCUT2D eigenvalue weighted by atomic mass is 9.41. The van der Waals surface area contributed by atoms with E-state index in [2.05, 4.69) is 27.7 Å². The maximum Gasteiger partial charge on any atom is 0.00441 e. The zero-order valence-corrected chi connectivity index (χ0v) is 17.4. The quantitative estimate of drug-likeness (QED) is 0.615. The van der Waals surface area contributed by atoms with Gasteiger partial charge in [0.1, 0.15) is 0 Å². The lowest BCUT2D eigenvalue weighted by molar-refractivity contribution is -0.143. The summed E-state index contributed by atoms with van der Waals surface area (Å²) < 4.78 is 0. The van der Waals surface area contributed by atoms with Gasteiger partial charge in [-0.15, -0.1) is 0 Å². The van der Waals surface area contributed by atoms with Gasteiger partial charge in [-0.1, -0.05) is 33.6 Å². The van der Waals surface area contributed by atoms with E-state index >= 15 is 0 Å². The van der Waals surface area contributed by atoms with Gasteiger partial charge in [-0.3, -0.25) is 0 Å². The van der Waals surface area contributed by atoms with E-state index < -0.39 is 0 Å². The molecular weight excluding hydrogens is 302 g/mol. The monoisotopic (exact) mass is 345 g/mol. The Kier molecular flexibility index (Phi) is 4.79. The van der Waals surface area contributed by atoms with E-state index in [0.29, 0.717) is 16.9 Å². The molecule has 144 valence electrons. The molecule has 0 amide bonds. The topological polar surface area (TPSA) is 26.0 Å². The van der Waals surface area contributed by atoms with Crippen molar-refractivity contribution >= 4 is 0 Å². The summed E-state index contributed by atoms with van der Waals surface area (Å²) in [6.07, 6.45) is 16.3. The molecule has 9 atom stereocenters. The van der Waals surface area contributed by atoms with E-state index in [4.69, 9.17) is 5.73 Å². The first kappa shape index (κ1) is 18.3. The van der Waals surface area contributed by atoms with Crippen molar-refractivity contribution in [3.63, 3.8) is 0 Å². The lowest BCUT2D eigenvalue weighted by Crippen LogP contribution is -2.57. The van der Waals surface area contributed by atoms with E-state index in [1.165, 1.54) is 70.6 Å². The smallest absolute Gasteiger partial charge is 0.00441 e. The van der Waals surface area contributed by atoms with E-state index in [-0.39, 0.29) is 0 Å². The van der Waals surface area contributed by atoms with Crippen LogP contribution in [0.1, 0.15) is 98.3 Å². The maximum absolute atomic E-state index is 6.55. The van der Waals surface area contributed by atoms with Gasteiger partial charge in [-0.05, 0) is 111 Å². The highest BCUT2D eigenvalue weighted by atomic mass is 14.7. The Labute approximate surface area is 156 Å². The van der Waals surface area contributed by atoms with Crippen molar-refractivity contribution in [1.29, 1.82) is 0 Å². The second-order valence-electron chi connectivity index (χ2n) is 11.1. The average molecular weight is 346 g/mol. The number of hydrogen-bond acceptors (Lipinski definition) is 1. The Morgan fingerprint density at radius 3 is 2.40 bits per heavy atom. The summed E-state index contributed by atoms with van der Waals surface area (Å²) in [6.45, 7) is 9.96. The molecule has 4 aliphatic rings. The molecule has 1 heteroatoms. The largest absolute Gasteiger partial charge is 0.328 e. The molecular formula is C24H43N. The van der Waals surface area contributed by atoms with Crippen LogP contribution in [0.4, 0.5) is 0 Å². The van der Waals surface area contributed by atoms with Gasteiger partial charge in [0.15, 0.2) is 0 Å². The van der Waals surface area contributed by atoms with Gasteiger partial charge >= 0.3 is 0 Å². The van der Waals surface area contributed by atoms with E-state index in [1.54, 1.807) is 0 Å². The van der Waals surface area contributed by atoms with Crippen molar-refractivity contribution in [3.05, 3.63) is 0 Å². The van der Waals surface area contributed by atoms with Crippen molar-refractivity contribution in [1.82, 2.24) is 0 Å². The zero-order chi connectivity index (χ0) is 17.8. The molecule has 0 bridgehead atoms. The third-order valence-electron chi connectivity index (χ3n) is 10.1. The molecule has 0 spiro atoms. The number of hydrogen-bond donors (Lipinski definition) is 1. The van der Waals surface area contributed by atoms with Crippen molar-refractivity contribution in [2.24, 2.45) is 52.1 Å². The Morgan fingerprint density at radius 2 is 1.68 bits per heavy atom. The standard InChI is InChI=1S/C24H43N/c1-5-24-14-12-18-19(22(24)8-6-7-20(24)17(3)25)11-13-23(4)15-16(2)9-10-21(18)23/h16-22H,5-15,25H2,1-4H3/t16-,17?,18?,19+,20+,21+,22?,23+,24+/m0/s1. The Morgan fingerprint density at radius 1 is 0.960 bits per heavy atom. The highest BCUT2D eigenvalue weighted by molar-refractivity contribution is 5.08. The van der Waals surface area contributed by atoms with Crippen LogP contribution in [0.15, 0.2) is 0 Å². The lowest BCUT2D eigenvalue weighted by Gasteiger charge is -2.64. The van der Waals surface area contributed by atoms with Gasteiger partial charge < -0.3 is 5.73 Å². The van der Waals surface area contributed by atoms with Crippen LogP contribution in [-0.4, -0.2) is 6.04 Å². The molecule has 1 nitrogen and oxygen atoms in total. The van der Waals surface area contributed by atoms with E-state index in [1.807, 2.05) is 0 Å². The minimum Gasteiger partial charge on any atom is -0.328 e. The summed E-state index contributed by atoms with van der Waals surface area (Å²) >= 11 is 0. The molecule has 4 rings (SSSR count). The van der Waals surface area contributed by atoms with Crippen LogP contribution in [0.5, 0.6) is 0 Å². The summed E-state index contributed by atoms with van der Waals surface area (Å²) in [4.78, 5) is 0. The minimum absolute atomic E-state index is 0.392. The zero-order valence-electron chi connectivity index (χ0n) is 17.4. The van der Waals surface area contributed by atoms with Crippen LogP contribution in [-0.2, 0) is 0 Å². The Bertz CT molecular complexity index is 484. The summed E-state index contributed by atoms with van der Waals surface area (Å²) in [7, 11) is 0. The molecule has 0 aromatic heterocycles. The van der Waals surface area contributed by atoms with Crippen LogP contribution in [0, 0.1) is 46.3 Å². The molecule has 0 heterocycles. The highest BCUT2D eigenvalue weighted by Gasteiger charge is 2.58. The molecule has 2 N–H and O–H groups in total. The third kappa shape index (κ3) is 2.74. The van der Waals surface area contributed by atoms with Crippen molar-refractivity contribution < 1.29 is 0 Å². The first-order valence-corrected chi connectivity index (χ1v) is 11.7. The number of rotatable bonds is 2. The predicted octanol–water partition coefficient (Wildman–Crippen LogP) is 6.41. The average Bonchev–Trinajstić information content (AvgIpc) is 2.59. The first-order valence-electron chi connectivity index (χ1n) is 11.7. The van der Waals surface area contributed by atoms with Crippen LogP contribution < -0.4 is 5.73 Å². The van der Waals surface area contributed by atoms with Gasteiger partial charge in [-0.25, -0.2) is 0 Å². The molecule has 25 heavy (non-hydrogen) atoms.